The first-order chi connectivity index (χ1) is 21.7. The van der Waals surface area contributed by atoms with E-state index in [0.717, 1.165) is 63.2 Å². The second kappa shape index (κ2) is 10.1. The van der Waals surface area contributed by atoms with Crippen molar-refractivity contribution in [3.05, 3.63) is 89.3 Å². The number of aromatic nitrogens is 3. The molecule has 1 aliphatic rings. The minimum atomic E-state index is -0.00821. The van der Waals surface area contributed by atoms with Gasteiger partial charge in [0.1, 0.15) is 11.3 Å². The largest absolute Gasteiger partial charge is 0.453 e. The zero-order chi connectivity index (χ0) is 31.2. The Morgan fingerprint density at radius 1 is 0.800 bits per heavy atom. The van der Waals surface area contributed by atoms with Gasteiger partial charge in [-0.2, -0.15) is 4.57 Å². The fourth-order valence-electron chi connectivity index (χ4n) is 7.88. The number of oxazole rings is 1. The monoisotopic (exact) mass is 596 g/mol. The zero-order valence-corrected chi connectivity index (χ0v) is 27.5. The molecule has 0 radical (unpaired) electrons. The summed E-state index contributed by atoms with van der Waals surface area (Å²) in [5.41, 5.74) is 11.9. The topological polar surface area (TPSA) is 48.0 Å². The predicted molar refractivity (Wildman–Crippen MR) is 183 cm³/mol. The Morgan fingerprint density at radius 2 is 1.47 bits per heavy atom. The van der Waals surface area contributed by atoms with E-state index >= 15 is 0 Å². The van der Waals surface area contributed by atoms with Gasteiger partial charge >= 0.3 is 0 Å². The molecule has 228 valence electrons. The van der Waals surface area contributed by atoms with Crippen LogP contribution in [0.15, 0.2) is 75.6 Å². The lowest BCUT2D eigenvalue weighted by Gasteiger charge is -2.18. The van der Waals surface area contributed by atoms with Crippen LogP contribution in [-0.4, -0.2) is 9.55 Å². The third kappa shape index (κ3) is 4.05. The molecular weight excluding hydrogens is 554 g/mol. The lowest BCUT2D eigenvalue weighted by molar-refractivity contribution is -0.633. The van der Waals surface area contributed by atoms with E-state index in [1.165, 1.54) is 46.3 Å². The van der Waals surface area contributed by atoms with E-state index in [-0.39, 0.29) is 5.41 Å². The molecule has 0 aliphatic heterocycles. The Balaban J connectivity index is 1.48. The molecule has 7 aromatic rings. The molecule has 8 rings (SSSR count). The first-order valence-corrected chi connectivity index (χ1v) is 16.6. The molecule has 0 saturated heterocycles. The normalized spacial score (nSPS) is 15.2. The SMILES string of the molecule is Cc1ccc2c(oc3c2ccc2oc(C4(C)CCCC4)nc23)c1-c1n(-c2c(C(C)C)cccc2C(C)C)c2ccccc2[n+]1C. The molecule has 1 aliphatic carbocycles. The van der Waals surface area contributed by atoms with Crippen molar-refractivity contribution in [2.45, 2.75) is 84.5 Å². The van der Waals surface area contributed by atoms with E-state index in [0.29, 0.717) is 11.8 Å². The van der Waals surface area contributed by atoms with Gasteiger partial charge in [-0.05, 0) is 61.4 Å². The average Bonchev–Trinajstić information content (AvgIpc) is 3.80. The van der Waals surface area contributed by atoms with Crippen LogP contribution in [0.25, 0.3) is 61.1 Å². The summed E-state index contributed by atoms with van der Waals surface area (Å²) in [6.45, 7) is 13.7. The number of hydrogen-bond acceptors (Lipinski definition) is 3. The van der Waals surface area contributed by atoms with Crippen LogP contribution in [0.5, 0.6) is 0 Å². The number of para-hydroxylation sites is 3. The molecule has 1 saturated carbocycles. The number of furan rings is 1. The van der Waals surface area contributed by atoms with Crippen LogP contribution in [0.1, 0.15) is 94.7 Å². The van der Waals surface area contributed by atoms with Crippen molar-refractivity contribution in [2.24, 2.45) is 7.05 Å². The highest BCUT2D eigenvalue weighted by Gasteiger charge is 2.37. The Bertz CT molecular complexity index is 2240. The van der Waals surface area contributed by atoms with Crippen molar-refractivity contribution in [1.82, 2.24) is 9.55 Å². The molecule has 0 unspecified atom stereocenters. The molecule has 0 bridgehead atoms. The second-order valence-electron chi connectivity index (χ2n) is 14.1. The number of hydrogen-bond donors (Lipinski definition) is 0. The maximum atomic E-state index is 6.99. The third-order valence-electron chi connectivity index (χ3n) is 10.4. The van der Waals surface area contributed by atoms with E-state index in [4.69, 9.17) is 13.8 Å². The standard InChI is InChI=1S/C40H42N3O2/c1-23(2)26-13-12-14-27(24(3)4)35(26)43-31-16-9-8-15-30(31)42(7)38(43)33-25(5)17-18-28-29-19-20-32-34(37(29)45-36(28)33)41-39(44-32)40(6)21-10-11-22-40/h8-9,12-20,23-24H,10-11,21-22H2,1-7H3/q+1. The number of benzene rings is 4. The molecule has 4 aromatic carbocycles. The molecule has 0 atom stereocenters. The van der Waals surface area contributed by atoms with Crippen molar-refractivity contribution in [1.29, 1.82) is 0 Å². The van der Waals surface area contributed by atoms with Crippen molar-refractivity contribution in [3.63, 3.8) is 0 Å². The van der Waals surface area contributed by atoms with Crippen LogP contribution in [0.2, 0.25) is 0 Å². The highest BCUT2D eigenvalue weighted by molar-refractivity contribution is 6.15. The molecule has 5 nitrogen and oxygen atoms in total. The van der Waals surface area contributed by atoms with Gasteiger partial charge in [0.25, 0.3) is 5.82 Å². The predicted octanol–water partition coefficient (Wildman–Crippen LogP) is 10.5. The zero-order valence-electron chi connectivity index (χ0n) is 27.5. The summed E-state index contributed by atoms with van der Waals surface area (Å²) in [6.07, 6.45) is 4.68. The molecule has 0 amide bonds. The third-order valence-corrected chi connectivity index (χ3v) is 10.4. The van der Waals surface area contributed by atoms with Gasteiger partial charge in [-0.1, -0.05) is 89.9 Å². The maximum absolute atomic E-state index is 6.99. The van der Waals surface area contributed by atoms with Crippen LogP contribution in [0, 0.1) is 6.92 Å². The van der Waals surface area contributed by atoms with Crippen LogP contribution in [0.4, 0.5) is 0 Å². The van der Waals surface area contributed by atoms with Gasteiger partial charge in [0, 0.05) is 27.3 Å². The van der Waals surface area contributed by atoms with Gasteiger partial charge in [-0.3, -0.25) is 0 Å². The Morgan fingerprint density at radius 3 is 2.18 bits per heavy atom. The van der Waals surface area contributed by atoms with Crippen LogP contribution >= 0.6 is 0 Å². The van der Waals surface area contributed by atoms with Gasteiger partial charge in [-0.25, -0.2) is 9.55 Å². The van der Waals surface area contributed by atoms with Crippen molar-refractivity contribution < 1.29 is 13.4 Å². The fourth-order valence-corrected chi connectivity index (χ4v) is 7.88. The van der Waals surface area contributed by atoms with E-state index in [1.807, 2.05) is 0 Å². The van der Waals surface area contributed by atoms with E-state index in [1.54, 1.807) is 0 Å². The molecule has 5 heteroatoms. The molecule has 3 heterocycles. The molecular formula is C40H42N3O2+. The summed E-state index contributed by atoms with van der Waals surface area (Å²) < 4.78 is 18.3. The Kier molecular flexibility index (Phi) is 6.29. The summed E-state index contributed by atoms with van der Waals surface area (Å²) in [5, 5.41) is 2.17. The van der Waals surface area contributed by atoms with Crippen molar-refractivity contribution in [3.8, 4) is 17.1 Å². The smallest absolute Gasteiger partial charge is 0.299 e. The van der Waals surface area contributed by atoms with Crippen molar-refractivity contribution in [2.75, 3.05) is 0 Å². The first kappa shape index (κ1) is 28.1. The van der Waals surface area contributed by atoms with Gasteiger partial charge in [0.15, 0.2) is 33.3 Å². The van der Waals surface area contributed by atoms with Crippen LogP contribution in [0.3, 0.4) is 0 Å². The molecule has 3 aromatic heterocycles. The lowest BCUT2D eigenvalue weighted by Crippen LogP contribution is -2.30. The highest BCUT2D eigenvalue weighted by atomic mass is 16.4. The molecule has 45 heavy (non-hydrogen) atoms. The Hall–Kier alpha value is -4.38. The molecule has 1 fully saturated rings. The number of fused-ring (bicyclic) bond motifs is 6. The summed E-state index contributed by atoms with van der Waals surface area (Å²) in [4.78, 5) is 5.12. The van der Waals surface area contributed by atoms with Crippen LogP contribution < -0.4 is 4.57 Å². The lowest BCUT2D eigenvalue weighted by atomic mass is 9.89. The van der Waals surface area contributed by atoms with Gasteiger partial charge in [-0.15, -0.1) is 0 Å². The average molecular weight is 597 g/mol. The summed E-state index contributed by atoms with van der Waals surface area (Å²) >= 11 is 0. The van der Waals surface area contributed by atoms with E-state index in [9.17, 15) is 0 Å². The van der Waals surface area contributed by atoms with Crippen LogP contribution in [-0.2, 0) is 12.5 Å². The number of nitrogens with zero attached hydrogens (tertiary/aromatic N) is 3. The minimum absolute atomic E-state index is 0.00821. The summed E-state index contributed by atoms with van der Waals surface area (Å²) in [6, 6.07) is 24.2. The van der Waals surface area contributed by atoms with E-state index in [2.05, 4.69) is 124 Å². The maximum Gasteiger partial charge on any atom is 0.299 e. The number of rotatable bonds is 5. The van der Waals surface area contributed by atoms with Crippen molar-refractivity contribution >= 4 is 44.1 Å². The first-order valence-electron chi connectivity index (χ1n) is 16.6. The van der Waals surface area contributed by atoms with Gasteiger partial charge in [0.2, 0.25) is 5.89 Å². The fraction of sp³-hybridized carbons (Fsp3) is 0.350. The quantitative estimate of drug-likeness (QED) is 0.186. The summed E-state index contributed by atoms with van der Waals surface area (Å²) in [7, 11) is 2.19. The van der Waals surface area contributed by atoms with E-state index < -0.39 is 0 Å². The number of aryl methyl sites for hydroxylation is 2. The number of imidazole rings is 1. The summed E-state index contributed by atoms with van der Waals surface area (Å²) in [5.74, 6) is 2.68. The second-order valence-corrected chi connectivity index (χ2v) is 14.1. The molecule has 0 spiro atoms. The highest BCUT2D eigenvalue weighted by Crippen LogP contribution is 2.45. The molecule has 0 N–H and O–H groups in total. The Labute approximate surface area is 264 Å². The van der Waals surface area contributed by atoms with Gasteiger partial charge in [0.05, 0.1) is 7.05 Å². The minimum Gasteiger partial charge on any atom is -0.453 e. The van der Waals surface area contributed by atoms with Gasteiger partial charge < -0.3 is 8.83 Å².